The molecule has 0 aliphatic heterocycles. The fraction of sp³-hybridized carbons (Fsp3) is 0.278. The molecule has 0 amide bonds. The zero-order chi connectivity index (χ0) is 17.0. The quantitative estimate of drug-likeness (QED) is 0.811. The lowest BCUT2D eigenvalue weighted by molar-refractivity contribution is 0.355. The first-order valence-electron chi connectivity index (χ1n) is 7.32. The van der Waals surface area contributed by atoms with Gasteiger partial charge in [-0.3, -0.25) is 0 Å². The van der Waals surface area contributed by atoms with Crippen molar-refractivity contribution in [3.05, 3.63) is 47.0 Å². The molecule has 0 radical (unpaired) electrons. The molecule has 0 aromatic heterocycles. The monoisotopic (exact) mass is 330 g/mol. The third kappa shape index (κ3) is 4.13. The number of aryl methyl sites for hydroxylation is 3. The predicted octanol–water partition coefficient (Wildman–Crippen LogP) is 4.44. The molecule has 2 aromatic rings. The summed E-state index contributed by atoms with van der Waals surface area (Å²) in [6, 6.07) is 10.0. The van der Waals surface area contributed by atoms with Gasteiger partial charge in [0.2, 0.25) is 0 Å². The first kappa shape index (κ1) is 17.1. The van der Waals surface area contributed by atoms with Gasteiger partial charge >= 0.3 is 0 Å². The van der Waals surface area contributed by atoms with E-state index in [4.69, 9.17) is 21.7 Å². The van der Waals surface area contributed by atoms with Crippen LogP contribution in [0.4, 0.5) is 11.4 Å². The lowest BCUT2D eigenvalue weighted by Crippen LogP contribution is -2.20. The predicted molar refractivity (Wildman–Crippen MR) is 100 cm³/mol. The summed E-state index contributed by atoms with van der Waals surface area (Å²) in [6.07, 6.45) is 0. The second-order valence-electron chi connectivity index (χ2n) is 5.42. The average molecular weight is 330 g/mol. The second-order valence-corrected chi connectivity index (χ2v) is 5.83. The molecule has 0 saturated carbocycles. The van der Waals surface area contributed by atoms with Gasteiger partial charge in [0.05, 0.1) is 14.2 Å². The highest BCUT2D eigenvalue weighted by Crippen LogP contribution is 2.33. The van der Waals surface area contributed by atoms with E-state index >= 15 is 0 Å². The molecule has 0 spiro atoms. The summed E-state index contributed by atoms with van der Waals surface area (Å²) >= 11 is 5.43. The topological polar surface area (TPSA) is 42.5 Å². The Balaban J connectivity index is 2.18. The summed E-state index contributed by atoms with van der Waals surface area (Å²) in [5, 5.41) is 6.99. The van der Waals surface area contributed by atoms with Crippen molar-refractivity contribution in [1.29, 1.82) is 0 Å². The molecular weight excluding hydrogens is 308 g/mol. The van der Waals surface area contributed by atoms with E-state index in [1.54, 1.807) is 14.2 Å². The highest BCUT2D eigenvalue weighted by atomic mass is 32.1. The van der Waals surface area contributed by atoms with E-state index in [0.717, 1.165) is 22.5 Å². The van der Waals surface area contributed by atoms with Crippen molar-refractivity contribution >= 4 is 28.7 Å². The highest BCUT2D eigenvalue weighted by Gasteiger charge is 2.10. The van der Waals surface area contributed by atoms with Gasteiger partial charge < -0.3 is 20.1 Å². The van der Waals surface area contributed by atoms with Crippen LogP contribution in [-0.4, -0.2) is 19.3 Å². The van der Waals surface area contributed by atoms with E-state index in [1.165, 1.54) is 5.56 Å². The zero-order valence-electron chi connectivity index (χ0n) is 14.1. The number of thiocarbonyl (C=S) groups is 1. The lowest BCUT2D eigenvalue weighted by Gasteiger charge is -2.16. The van der Waals surface area contributed by atoms with Crippen LogP contribution in [-0.2, 0) is 0 Å². The molecule has 5 heteroatoms. The van der Waals surface area contributed by atoms with Crippen LogP contribution in [0.3, 0.4) is 0 Å². The number of nitrogens with one attached hydrogen (secondary N) is 2. The molecule has 0 bridgehead atoms. The molecule has 2 rings (SSSR count). The van der Waals surface area contributed by atoms with Crippen molar-refractivity contribution < 1.29 is 9.47 Å². The van der Waals surface area contributed by atoms with E-state index in [9.17, 15) is 0 Å². The molecular formula is C18H22N2O2S. The summed E-state index contributed by atoms with van der Waals surface area (Å²) < 4.78 is 10.6. The molecule has 0 saturated heterocycles. The molecule has 2 aromatic carbocycles. The fourth-order valence-corrected chi connectivity index (χ4v) is 2.48. The lowest BCUT2D eigenvalue weighted by atomic mass is 10.1. The van der Waals surface area contributed by atoms with Gasteiger partial charge in [0.25, 0.3) is 0 Å². The van der Waals surface area contributed by atoms with E-state index in [1.807, 2.05) is 26.0 Å². The number of hydrogen-bond donors (Lipinski definition) is 2. The van der Waals surface area contributed by atoms with Gasteiger partial charge in [0.1, 0.15) is 0 Å². The highest BCUT2D eigenvalue weighted by molar-refractivity contribution is 7.80. The van der Waals surface area contributed by atoms with Crippen molar-refractivity contribution in [3.63, 3.8) is 0 Å². The molecule has 0 heterocycles. The Morgan fingerprint density at radius 3 is 2.00 bits per heavy atom. The average Bonchev–Trinajstić information content (AvgIpc) is 2.52. The molecule has 0 fully saturated rings. The Kier molecular flexibility index (Phi) is 5.45. The minimum Gasteiger partial charge on any atom is -0.493 e. The Morgan fingerprint density at radius 1 is 0.826 bits per heavy atom. The minimum atomic E-state index is 0.536. The first-order valence-corrected chi connectivity index (χ1v) is 7.73. The molecule has 23 heavy (non-hydrogen) atoms. The van der Waals surface area contributed by atoms with Gasteiger partial charge in [-0.15, -0.1) is 0 Å². The van der Waals surface area contributed by atoms with Crippen LogP contribution >= 0.6 is 12.2 Å². The van der Waals surface area contributed by atoms with Crippen LogP contribution in [0.2, 0.25) is 0 Å². The van der Waals surface area contributed by atoms with E-state index < -0.39 is 0 Å². The number of hydrogen-bond acceptors (Lipinski definition) is 3. The molecule has 2 N–H and O–H groups in total. The molecule has 122 valence electrons. The number of ether oxygens (including phenoxy) is 2. The summed E-state index contributed by atoms with van der Waals surface area (Å²) in [5.41, 5.74) is 5.23. The number of rotatable bonds is 4. The van der Waals surface area contributed by atoms with Gasteiger partial charge in [-0.1, -0.05) is 12.1 Å². The van der Waals surface area contributed by atoms with Crippen molar-refractivity contribution in [3.8, 4) is 11.5 Å². The third-order valence-electron chi connectivity index (χ3n) is 3.62. The molecule has 4 nitrogen and oxygen atoms in total. The van der Waals surface area contributed by atoms with Crippen LogP contribution in [0.15, 0.2) is 30.3 Å². The van der Waals surface area contributed by atoms with Crippen molar-refractivity contribution in [2.24, 2.45) is 0 Å². The van der Waals surface area contributed by atoms with Gasteiger partial charge in [-0.25, -0.2) is 0 Å². The maximum atomic E-state index is 5.43. The number of methoxy groups -OCH3 is 2. The third-order valence-corrected chi connectivity index (χ3v) is 3.82. The summed E-state index contributed by atoms with van der Waals surface area (Å²) in [5.74, 6) is 1.36. The second kappa shape index (κ2) is 7.33. The molecule has 0 atom stereocenters. The van der Waals surface area contributed by atoms with Crippen LogP contribution in [0.1, 0.15) is 16.7 Å². The Morgan fingerprint density at radius 2 is 1.39 bits per heavy atom. The van der Waals surface area contributed by atoms with Crippen LogP contribution in [0, 0.1) is 20.8 Å². The SMILES string of the molecule is COc1cc(C)c(NC(=S)Nc2cc(C)ccc2C)cc1OC. The van der Waals surface area contributed by atoms with Crippen LogP contribution < -0.4 is 20.1 Å². The Hall–Kier alpha value is -2.27. The molecule has 0 aliphatic carbocycles. The van der Waals surface area contributed by atoms with E-state index in [2.05, 4.69) is 35.8 Å². The zero-order valence-corrected chi connectivity index (χ0v) is 14.9. The van der Waals surface area contributed by atoms with Crippen molar-refractivity contribution in [1.82, 2.24) is 0 Å². The van der Waals surface area contributed by atoms with Gasteiger partial charge in [-0.2, -0.15) is 0 Å². The standard InChI is InChI=1S/C18H22N2O2S/c1-11-6-7-12(2)14(8-11)19-18(23)20-15-10-17(22-5)16(21-4)9-13(15)3/h6-10H,1-5H3,(H2,19,20,23). The fourth-order valence-electron chi connectivity index (χ4n) is 2.26. The largest absolute Gasteiger partial charge is 0.493 e. The maximum absolute atomic E-state index is 5.43. The maximum Gasteiger partial charge on any atom is 0.175 e. The van der Waals surface area contributed by atoms with Crippen molar-refractivity contribution in [2.45, 2.75) is 20.8 Å². The van der Waals surface area contributed by atoms with Crippen LogP contribution in [0.5, 0.6) is 11.5 Å². The smallest absolute Gasteiger partial charge is 0.175 e. The summed E-state index contributed by atoms with van der Waals surface area (Å²) in [4.78, 5) is 0. The Labute approximate surface area is 142 Å². The van der Waals surface area contributed by atoms with E-state index in [0.29, 0.717) is 16.6 Å². The minimum absolute atomic E-state index is 0.536. The summed E-state index contributed by atoms with van der Waals surface area (Å²) in [6.45, 7) is 6.09. The number of benzene rings is 2. The number of anilines is 2. The molecule has 0 aliphatic rings. The normalized spacial score (nSPS) is 10.1. The summed E-state index contributed by atoms with van der Waals surface area (Å²) in [7, 11) is 3.24. The first-order chi connectivity index (χ1) is 10.9. The van der Waals surface area contributed by atoms with E-state index in [-0.39, 0.29) is 0 Å². The van der Waals surface area contributed by atoms with Gasteiger partial charge in [0.15, 0.2) is 16.6 Å². The van der Waals surface area contributed by atoms with Crippen molar-refractivity contribution in [2.75, 3.05) is 24.9 Å². The van der Waals surface area contributed by atoms with Gasteiger partial charge in [-0.05, 0) is 61.8 Å². The Bertz CT molecular complexity index is 729. The van der Waals surface area contributed by atoms with Gasteiger partial charge in [0, 0.05) is 17.4 Å². The van der Waals surface area contributed by atoms with Crippen LogP contribution in [0.25, 0.3) is 0 Å². The molecule has 0 unspecified atom stereocenters.